The van der Waals surface area contributed by atoms with Crippen molar-refractivity contribution in [2.45, 2.75) is 38.8 Å². The summed E-state index contributed by atoms with van der Waals surface area (Å²) >= 11 is 0. The maximum absolute atomic E-state index is 9.22. The second-order valence-electron chi connectivity index (χ2n) is 4.56. The summed E-state index contributed by atoms with van der Waals surface area (Å²) in [6, 6.07) is 4.20. The van der Waals surface area contributed by atoms with E-state index in [1.165, 1.54) is 0 Å². The Labute approximate surface area is 110 Å². The lowest BCUT2D eigenvalue weighted by Crippen LogP contribution is -2.42. The number of nitrogens with two attached hydrogens (primary N) is 1. The van der Waals surface area contributed by atoms with Gasteiger partial charge in [-0.3, -0.25) is 9.88 Å². The molecule has 1 heterocycles. The van der Waals surface area contributed by atoms with Crippen LogP contribution in [0.2, 0.25) is 0 Å². The number of aliphatic hydroxyl groups excluding tert-OH is 1. The molecule has 0 bridgehead atoms. The van der Waals surface area contributed by atoms with Crippen molar-refractivity contribution in [1.29, 1.82) is 0 Å². The van der Waals surface area contributed by atoms with E-state index in [0.717, 1.165) is 24.9 Å². The summed E-state index contributed by atoms with van der Waals surface area (Å²) in [5, 5.41) is 9.22. The topological polar surface area (TPSA) is 62.4 Å². The molecule has 0 spiro atoms. The first-order valence-corrected chi connectivity index (χ1v) is 6.75. The lowest BCUT2D eigenvalue weighted by Gasteiger charge is -2.35. The fourth-order valence-corrected chi connectivity index (χ4v) is 2.31. The van der Waals surface area contributed by atoms with Gasteiger partial charge in [-0.05, 0) is 31.0 Å². The largest absolute Gasteiger partial charge is 0.395 e. The third kappa shape index (κ3) is 4.05. The lowest BCUT2D eigenvalue weighted by molar-refractivity contribution is 0.132. The Kier molecular flexibility index (Phi) is 6.86. The number of rotatable bonds is 8. The van der Waals surface area contributed by atoms with E-state index in [1.54, 1.807) is 6.20 Å². The second kappa shape index (κ2) is 8.19. The van der Waals surface area contributed by atoms with Crippen LogP contribution in [0, 0.1) is 0 Å². The predicted octanol–water partition coefficient (Wildman–Crippen LogP) is 1.56. The molecular weight excluding hydrogens is 226 g/mol. The van der Waals surface area contributed by atoms with Gasteiger partial charge in [0.2, 0.25) is 0 Å². The number of hydrogen-bond donors (Lipinski definition) is 2. The quantitative estimate of drug-likeness (QED) is 0.736. The van der Waals surface area contributed by atoms with E-state index in [2.05, 4.69) is 29.8 Å². The zero-order valence-corrected chi connectivity index (χ0v) is 11.4. The first-order chi connectivity index (χ1) is 8.74. The molecule has 18 heavy (non-hydrogen) atoms. The van der Waals surface area contributed by atoms with Gasteiger partial charge in [0.05, 0.1) is 12.6 Å². The zero-order chi connectivity index (χ0) is 13.4. The average molecular weight is 251 g/mol. The number of aliphatic hydroxyl groups is 1. The molecule has 0 saturated carbocycles. The van der Waals surface area contributed by atoms with Crippen LogP contribution >= 0.6 is 0 Å². The first kappa shape index (κ1) is 15.1. The van der Waals surface area contributed by atoms with Crippen LogP contribution in [0.15, 0.2) is 24.5 Å². The van der Waals surface area contributed by atoms with Gasteiger partial charge in [-0.1, -0.05) is 19.9 Å². The normalized spacial score (nSPS) is 14.7. The van der Waals surface area contributed by atoms with Gasteiger partial charge in [0, 0.05) is 25.0 Å². The maximum Gasteiger partial charge on any atom is 0.0558 e. The Hall–Kier alpha value is -0.970. The van der Waals surface area contributed by atoms with E-state index >= 15 is 0 Å². The van der Waals surface area contributed by atoms with Gasteiger partial charge in [0.15, 0.2) is 0 Å². The predicted molar refractivity (Wildman–Crippen MR) is 74.2 cm³/mol. The van der Waals surface area contributed by atoms with Crippen LogP contribution in [0.3, 0.4) is 0 Å². The highest BCUT2D eigenvalue weighted by Gasteiger charge is 2.24. The highest BCUT2D eigenvalue weighted by Crippen LogP contribution is 2.24. The Morgan fingerprint density at radius 3 is 2.67 bits per heavy atom. The summed E-state index contributed by atoms with van der Waals surface area (Å²) in [6.07, 6.45) is 5.60. The first-order valence-electron chi connectivity index (χ1n) is 6.75. The van der Waals surface area contributed by atoms with Gasteiger partial charge in [0.25, 0.3) is 0 Å². The van der Waals surface area contributed by atoms with Gasteiger partial charge in [-0.25, -0.2) is 0 Å². The summed E-state index contributed by atoms with van der Waals surface area (Å²) in [6.45, 7) is 5.99. The molecule has 0 fully saturated rings. The van der Waals surface area contributed by atoms with E-state index < -0.39 is 0 Å². The summed E-state index contributed by atoms with van der Waals surface area (Å²) in [5.41, 5.74) is 7.39. The van der Waals surface area contributed by atoms with E-state index in [9.17, 15) is 5.11 Å². The van der Waals surface area contributed by atoms with E-state index in [4.69, 9.17) is 5.73 Å². The van der Waals surface area contributed by atoms with Crippen molar-refractivity contribution < 1.29 is 5.11 Å². The molecule has 0 aromatic carbocycles. The summed E-state index contributed by atoms with van der Waals surface area (Å²) in [5.74, 6) is 0. The van der Waals surface area contributed by atoms with Crippen molar-refractivity contribution in [2.24, 2.45) is 5.73 Å². The summed E-state index contributed by atoms with van der Waals surface area (Å²) in [4.78, 5) is 6.44. The van der Waals surface area contributed by atoms with Gasteiger partial charge in [0.1, 0.15) is 0 Å². The molecule has 2 unspecified atom stereocenters. The van der Waals surface area contributed by atoms with Crippen molar-refractivity contribution in [2.75, 3.05) is 19.7 Å². The maximum atomic E-state index is 9.22. The SMILES string of the molecule is CCCN(CCO)C(c1cccnc1)C(N)CC. The standard InChI is InChI=1S/C14H25N3O/c1-3-8-17(9-10-18)14(13(15)4-2)12-6-5-7-16-11-12/h5-7,11,13-14,18H,3-4,8-10,15H2,1-2H3. The minimum atomic E-state index is 0.0623. The molecular formula is C14H25N3O. The minimum absolute atomic E-state index is 0.0623. The number of nitrogens with zero attached hydrogens (tertiary/aromatic N) is 2. The lowest BCUT2D eigenvalue weighted by atomic mass is 9.97. The third-order valence-electron chi connectivity index (χ3n) is 3.19. The monoisotopic (exact) mass is 251 g/mol. The van der Waals surface area contributed by atoms with E-state index in [0.29, 0.717) is 6.54 Å². The molecule has 1 rings (SSSR count). The molecule has 0 aliphatic carbocycles. The molecule has 0 radical (unpaired) electrons. The molecule has 2 atom stereocenters. The second-order valence-corrected chi connectivity index (χ2v) is 4.56. The molecule has 1 aromatic heterocycles. The summed E-state index contributed by atoms with van der Waals surface area (Å²) in [7, 11) is 0. The summed E-state index contributed by atoms with van der Waals surface area (Å²) < 4.78 is 0. The smallest absolute Gasteiger partial charge is 0.0558 e. The van der Waals surface area contributed by atoms with Crippen LogP contribution < -0.4 is 5.73 Å². The minimum Gasteiger partial charge on any atom is -0.395 e. The zero-order valence-electron chi connectivity index (χ0n) is 11.4. The van der Waals surface area contributed by atoms with E-state index in [-0.39, 0.29) is 18.7 Å². The van der Waals surface area contributed by atoms with Crippen LogP contribution in [-0.2, 0) is 0 Å². The van der Waals surface area contributed by atoms with Gasteiger partial charge >= 0.3 is 0 Å². The van der Waals surface area contributed by atoms with Crippen LogP contribution in [0.4, 0.5) is 0 Å². The highest BCUT2D eigenvalue weighted by molar-refractivity contribution is 5.16. The molecule has 0 saturated heterocycles. The Bertz CT molecular complexity index is 312. The van der Waals surface area contributed by atoms with Gasteiger partial charge in [-0.2, -0.15) is 0 Å². The number of hydrogen-bond acceptors (Lipinski definition) is 4. The average Bonchev–Trinajstić information content (AvgIpc) is 2.40. The van der Waals surface area contributed by atoms with Gasteiger partial charge in [-0.15, -0.1) is 0 Å². The van der Waals surface area contributed by atoms with Crippen LogP contribution in [0.1, 0.15) is 38.3 Å². The van der Waals surface area contributed by atoms with Crippen LogP contribution in [0.25, 0.3) is 0 Å². The fraction of sp³-hybridized carbons (Fsp3) is 0.643. The third-order valence-corrected chi connectivity index (χ3v) is 3.19. The van der Waals surface area contributed by atoms with Crippen molar-refractivity contribution in [3.63, 3.8) is 0 Å². The number of pyridine rings is 1. The molecule has 4 nitrogen and oxygen atoms in total. The Morgan fingerprint density at radius 2 is 2.17 bits per heavy atom. The molecule has 3 N–H and O–H groups in total. The molecule has 1 aromatic rings. The van der Waals surface area contributed by atoms with Crippen molar-refractivity contribution in [3.8, 4) is 0 Å². The molecule has 102 valence electrons. The Balaban J connectivity index is 2.95. The van der Waals surface area contributed by atoms with Gasteiger partial charge < -0.3 is 10.8 Å². The van der Waals surface area contributed by atoms with E-state index in [1.807, 2.05) is 12.3 Å². The van der Waals surface area contributed by atoms with Crippen molar-refractivity contribution in [3.05, 3.63) is 30.1 Å². The molecule has 0 aliphatic rings. The van der Waals surface area contributed by atoms with Crippen LogP contribution in [0.5, 0.6) is 0 Å². The molecule has 0 amide bonds. The number of aromatic nitrogens is 1. The Morgan fingerprint density at radius 1 is 1.39 bits per heavy atom. The molecule has 0 aliphatic heterocycles. The highest BCUT2D eigenvalue weighted by atomic mass is 16.3. The van der Waals surface area contributed by atoms with Crippen molar-refractivity contribution >= 4 is 0 Å². The van der Waals surface area contributed by atoms with Crippen molar-refractivity contribution in [1.82, 2.24) is 9.88 Å². The van der Waals surface area contributed by atoms with Crippen LogP contribution in [-0.4, -0.2) is 40.7 Å². The molecule has 4 heteroatoms. The fourth-order valence-electron chi connectivity index (χ4n) is 2.31.